The lowest BCUT2D eigenvalue weighted by Gasteiger charge is -1.99. The van der Waals surface area contributed by atoms with E-state index in [0.717, 1.165) is 0 Å². The molecule has 0 amide bonds. The van der Waals surface area contributed by atoms with Gasteiger partial charge in [0.2, 0.25) is 0 Å². The van der Waals surface area contributed by atoms with Crippen LogP contribution >= 0.6 is 0 Å². The minimum Gasteiger partial charge on any atom is -0.373 e. The van der Waals surface area contributed by atoms with Crippen LogP contribution in [0.5, 0.6) is 0 Å². The molecular weight excluding hydrogens is 146 g/mol. The molecular formula is C5H7N5O. The van der Waals surface area contributed by atoms with Crippen LogP contribution in [-0.2, 0) is 0 Å². The van der Waals surface area contributed by atoms with Gasteiger partial charge in [0.15, 0.2) is 0 Å². The summed E-state index contributed by atoms with van der Waals surface area (Å²) in [5.74, 6) is 0.403. The second-order valence-electron chi connectivity index (χ2n) is 1.81. The predicted octanol–water partition coefficient (Wildman–Crippen LogP) is 0.474. The number of nitrogens with one attached hydrogen (secondary N) is 3. The summed E-state index contributed by atoms with van der Waals surface area (Å²) in [6, 6.07) is 0. The number of anilines is 1. The number of H-pyrrole nitrogens is 1. The van der Waals surface area contributed by atoms with Gasteiger partial charge in [-0.05, 0) is 0 Å². The van der Waals surface area contributed by atoms with Gasteiger partial charge in [-0.15, -0.1) is 0 Å². The van der Waals surface area contributed by atoms with Crippen LogP contribution in [0, 0.1) is 5.53 Å². The summed E-state index contributed by atoms with van der Waals surface area (Å²) in [6.45, 7) is 0. The zero-order chi connectivity index (χ0) is 8.27. The molecule has 0 radical (unpaired) electrons. The second kappa shape index (κ2) is 2.91. The summed E-state index contributed by atoms with van der Waals surface area (Å²) < 4.78 is 0. The van der Waals surface area contributed by atoms with Crippen molar-refractivity contribution >= 4 is 11.5 Å². The molecule has 6 heteroatoms. The molecule has 0 aliphatic rings. The van der Waals surface area contributed by atoms with Crippen molar-refractivity contribution in [2.45, 2.75) is 0 Å². The van der Waals surface area contributed by atoms with Gasteiger partial charge in [0.1, 0.15) is 11.5 Å². The van der Waals surface area contributed by atoms with Gasteiger partial charge in [-0.3, -0.25) is 4.98 Å². The van der Waals surface area contributed by atoms with E-state index in [1.807, 2.05) is 0 Å². The molecule has 11 heavy (non-hydrogen) atoms. The van der Waals surface area contributed by atoms with Crippen molar-refractivity contribution in [3.05, 3.63) is 16.7 Å². The fourth-order valence-electron chi connectivity index (χ4n) is 0.663. The highest BCUT2D eigenvalue weighted by molar-refractivity contribution is 5.57. The van der Waals surface area contributed by atoms with Gasteiger partial charge < -0.3 is 5.32 Å². The van der Waals surface area contributed by atoms with Crippen LogP contribution < -0.4 is 11.0 Å². The van der Waals surface area contributed by atoms with Gasteiger partial charge in [0.05, 0.1) is 6.20 Å². The maximum atomic E-state index is 10.6. The van der Waals surface area contributed by atoms with E-state index < -0.39 is 5.69 Å². The lowest BCUT2D eigenvalue weighted by Crippen LogP contribution is -2.11. The molecule has 0 aliphatic heterocycles. The zero-order valence-electron chi connectivity index (χ0n) is 5.88. The lowest BCUT2D eigenvalue weighted by molar-refractivity contribution is 1.04. The molecule has 1 aromatic heterocycles. The lowest BCUT2D eigenvalue weighted by atomic mass is 10.5. The second-order valence-corrected chi connectivity index (χ2v) is 1.81. The van der Waals surface area contributed by atoms with Crippen LogP contribution in [0.25, 0.3) is 0 Å². The normalized spacial score (nSPS) is 9.18. The highest BCUT2D eigenvalue weighted by atomic mass is 16.1. The fraction of sp³-hybridized carbons (Fsp3) is 0.200. The zero-order valence-corrected chi connectivity index (χ0v) is 5.88. The smallest absolute Gasteiger partial charge is 0.346 e. The van der Waals surface area contributed by atoms with Crippen molar-refractivity contribution in [3.63, 3.8) is 0 Å². The average Bonchev–Trinajstić information content (AvgIpc) is 2.04. The molecule has 0 unspecified atom stereocenters. The summed E-state index contributed by atoms with van der Waals surface area (Å²) in [7, 11) is 1.62. The van der Waals surface area contributed by atoms with Crippen LogP contribution in [0.1, 0.15) is 0 Å². The monoisotopic (exact) mass is 153 g/mol. The van der Waals surface area contributed by atoms with E-state index in [1.165, 1.54) is 6.20 Å². The summed E-state index contributed by atoms with van der Waals surface area (Å²) in [5.41, 5.74) is 6.54. The molecule has 0 spiro atoms. The van der Waals surface area contributed by atoms with Crippen molar-refractivity contribution in [1.82, 2.24) is 9.97 Å². The van der Waals surface area contributed by atoms with Crippen molar-refractivity contribution < 1.29 is 0 Å². The van der Waals surface area contributed by atoms with Gasteiger partial charge in [-0.25, -0.2) is 10.3 Å². The molecule has 3 N–H and O–H groups in total. The van der Waals surface area contributed by atoms with Crippen molar-refractivity contribution in [2.24, 2.45) is 5.11 Å². The molecule has 0 aromatic carbocycles. The summed E-state index contributed by atoms with van der Waals surface area (Å²) in [6.07, 6.45) is 1.23. The highest BCUT2D eigenvalue weighted by Crippen LogP contribution is 2.16. The fourth-order valence-corrected chi connectivity index (χ4v) is 0.663. The van der Waals surface area contributed by atoms with E-state index >= 15 is 0 Å². The first-order valence-electron chi connectivity index (χ1n) is 2.92. The minimum atomic E-state index is -0.457. The summed E-state index contributed by atoms with van der Waals surface area (Å²) in [4.78, 5) is 16.4. The van der Waals surface area contributed by atoms with E-state index in [9.17, 15) is 4.79 Å². The Kier molecular flexibility index (Phi) is 1.95. The van der Waals surface area contributed by atoms with E-state index in [2.05, 4.69) is 20.4 Å². The van der Waals surface area contributed by atoms with Crippen LogP contribution in [0.3, 0.4) is 0 Å². The first-order chi connectivity index (χ1) is 5.27. The quantitative estimate of drug-likeness (QED) is 0.539. The third-order valence-electron chi connectivity index (χ3n) is 1.16. The van der Waals surface area contributed by atoms with Crippen molar-refractivity contribution in [3.8, 4) is 0 Å². The molecule has 1 aromatic rings. The number of aromatic amines is 1. The minimum absolute atomic E-state index is 0.312. The molecule has 1 heterocycles. The molecule has 58 valence electrons. The number of nitrogens with zero attached hydrogens (tertiary/aromatic N) is 2. The van der Waals surface area contributed by atoms with Crippen molar-refractivity contribution in [2.75, 3.05) is 12.4 Å². The first kappa shape index (κ1) is 7.39. The predicted molar refractivity (Wildman–Crippen MR) is 39.2 cm³/mol. The SMILES string of the molecule is CNc1[nH]c(=O)ncc1N=N. The molecule has 1 rings (SSSR count). The van der Waals surface area contributed by atoms with Crippen LogP contribution in [0.15, 0.2) is 16.1 Å². The van der Waals surface area contributed by atoms with E-state index in [-0.39, 0.29) is 0 Å². The molecule has 0 aliphatic carbocycles. The number of aromatic nitrogens is 2. The van der Waals surface area contributed by atoms with E-state index in [4.69, 9.17) is 5.53 Å². The number of rotatable bonds is 2. The Labute approximate surface area is 62.2 Å². The van der Waals surface area contributed by atoms with Crippen LogP contribution in [0.2, 0.25) is 0 Å². The summed E-state index contributed by atoms with van der Waals surface area (Å²) in [5, 5.41) is 5.82. The van der Waals surface area contributed by atoms with Crippen LogP contribution in [-0.4, -0.2) is 17.0 Å². The first-order valence-corrected chi connectivity index (χ1v) is 2.92. The van der Waals surface area contributed by atoms with Gasteiger partial charge in [0.25, 0.3) is 0 Å². The Morgan fingerprint density at radius 2 is 2.55 bits per heavy atom. The molecule has 6 nitrogen and oxygen atoms in total. The van der Waals surface area contributed by atoms with Gasteiger partial charge in [0, 0.05) is 7.05 Å². The molecule has 0 saturated carbocycles. The molecule has 0 saturated heterocycles. The van der Waals surface area contributed by atoms with Gasteiger partial charge in [-0.2, -0.15) is 10.1 Å². The third-order valence-corrected chi connectivity index (χ3v) is 1.16. The molecule has 0 atom stereocenters. The Morgan fingerprint density at radius 3 is 3.09 bits per heavy atom. The van der Waals surface area contributed by atoms with Gasteiger partial charge in [-0.1, -0.05) is 0 Å². The van der Waals surface area contributed by atoms with Crippen molar-refractivity contribution in [1.29, 1.82) is 5.53 Å². The average molecular weight is 153 g/mol. The largest absolute Gasteiger partial charge is 0.373 e. The number of hydrogen-bond donors (Lipinski definition) is 3. The Morgan fingerprint density at radius 1 is 1.82 bits per heavy atom. The molecule has 0 fully saturated rings. The highest BCUT2D eigenvalue weighted by Gasteiger charge is 1.98. The van der Waals surface area contributed by atoms with E-state index in [1.54, 1.807) is 7.05 Å². The topological polar surface area (TPSA) is 94.0 Å². The summed E-state index contributed by atoms with van der Waals surface area (Å²) >= 11 is 0. The Balaban J connectivity index is 3.27. The Hall–Kier alpha value is -1.72. The third kappa shape index (κ3) is 1.40. The van der Waals surface area contributed by atoms with Crippen LogP contribution in [0.4, 0.5) is 11.5 Å². The standard InChI is InChI=1S/C5H7N5O/c1-7-4-3(10-6)2-8-5(11)9-4/h2,6H,1H3,(H2,7,8,9,11). The maximum Gasteiger partial charge on any atom is 0.346 e. The van der Waals surface area contributed by atoms with E-state index in [0.29, 0.717) is 11.5 Å². The van der Waals surface area contributed by atoms with Gasteiger partial charge >= 0.3 is 5.69 Å². The maximum absolute atomic E-state index is 10.6. The Bertz CT molecular complexity index is 317. The molecule has 0 bridgehead atoms. The number of hydrogen-bond acceptors (Lipinski definition) is 5.